The second kappa shape index (κ2) is 9.10. The summed E-state index contributed by atoms with van der Waals surface area (Å²) in [6.45, 7) is 1.49. The van der Waals surface area contributed by atoms with Gasteiger partial charge in [-0.15, -0.1) is 0 Å². The molecule has 156 valence electrons. The number of aryl methyl sites for hydroxylation is 1. The molecule has 0 saturated carbocycles. The lowest BCUT2D eigenvalue weighted by atomic mass is 10.1. The number of aromatic nitrogens is 2. The van der Waals surface area contributed by atoms with E-state index in [1.165, 1.54) is 36.4 Å². The van der Waals surface area contributed by atoms with Crippen LogP contribution >= 0.6 is 0 Å². The highest BCUT2D eigenvalue weighted by molar-refractivity contribution is 6.04. The summed E-state index contributed by atoms with van der Waals surface area (Å²) in [5, 5.41) is 25.1. The zero-order valence-corrected chi connectivity index (χ0v) is 16.4. The predicted octanol–water partition coefficient (Wildman–Crippen LogP) is 2.92. The van der Waals surface area contributed by atoms with Gasteiger partial charge in [0.15, 0.2) is 5.82 Å². The van der Waals surface area contributed by atoms with Gasteiger partial charge in [0.25, 0.3) is 5.91 Å². The summed E-state index contributed by atoms with van der Waals surface area (Å²) in [6.07, 6.45) is 1.22. The Hall–Kier alpha value is -3.85. The Balaban J connectivity index is 1.87. The number of hydrogen-bond acceptors (Lipinski definition) is 6. The Morgan fingerprint density at radius 2 is 1.77 bits per heavy atom. The zero-order chi connectivity index (χ0) is 21.7. The largest absolute Gasteiger partial charge is 0.488 e. The molecule has 0 radical (unpaired) electrons. The summed E-state index contributed by atoms with van der Waals surface area (Å²) in [7, 11) is 1.74. The van der Waals surface area contributed by atoms with Gasteiger partial charge >= 0.3 is 5.97 Å². The van der Waals surface area contributed by atoms with Crippen LogP contribution in [-0.2, 0) is 7.05 Å². The zero-order valence-electron chi connectivity index (χ0n) is 16.4. The van der Waals surface area contributed by atoms with Gasteiger partial charge in [0.2, 0.25) is 0 Å². The second-order valence-corrected chi connectivity index (χ2v) is 6.56. The molecule has 1 amide bonds. The fraction of sp³-hybridized carbons (Fsp3) is 0.190. The van der Waals surface area contributed by atoms with E-state index in [1.54, 1.807) is 37.0 Å². The van der Waals surface area contributed by atoms with Gasteiger partial charge in [0, 0.05) is 30.9 Å². The monoisotopic (exact) mass is 411 g/mol. The maximum absolute atomic E-state index is 12.7. The van der Waals surface area contributed by atoms with Gasteiger partial charge in [0.05, 0.1) is 12.2 Å². The Morgan fingerprint density at radius 3 is 2.37 bits per heavy atom. The molecule has 0 fully saturated rings. The van der Waals surface area contributed by atoms with Gasteiger partial charge in [-0.3, -0.25) is 9.48 Å². The number of hydrogen-bond donors (Lipinski definition) is 3. The highest BCUT2D eigenvalue weighted by Gasteiger charge is 2.14. The van der Waals surface area contributed by atoms with Crippen LogP contribution in [0.3, 0.4) is 0 Å². The molecule has 0 bridgehead atoms. The van der Waals surface area contributed by atoms with Crippen molar-refractivity contribution in [3.8, 4) is 17.2 Å². The van der Waals surface area contributed by atoms with Crippen molar-refractivity contribution < 1.29 is 29.3 Å². The number of aliphatic hydroxyl groups excluding tert-OH is 1. The Morgan fingerprint density at radius 1 is 1.07 bits per heavy atom. The number of aromatic carboxylic acids is 1. The standard InChI is InChI=1S/C21H21N3O6/c1-13(12-25)29-17-9-15(20(26)22-19-7-8-24(2)23-19)10-18(11-17)30-16-5-3-14(4-6-16)21(27)28/h3-11,13,25H,12H2,1-2H3,(H,27,28)(H,22,23,26). The predicted molar refractivity (Wildman–Crippen MR) is 108 cm³/mol. The first kappa shape index (κ1) is 20.9. The number of carboxylic acid groups (broad SMARTS) is 1. The summed E-state index contributed by atoms with van der Waals surface area (Å²) in [4.78, 5) is 23.7. The molecular weight excluding hydrogens is 390 g/mol. The summed E-state index contributed by atoms with van der Waals surface area (Å²) in [5.41, 5.74) is 0.395. The molecule has 0 aliphatic rings. The summed E-state index contributed by atoms with van der Waals surface area (Å²) < 4.78 is 13.0. The van der Waals surface area contributed by atoms with E-state index in [4.69, 9.17) is 14.6 Å². The molecule has 1 atom stereocenters. The quantitative estimate of drug-likeness (QED) is 0.521. The second-order valence-electron chi connectivity index (χ2n) is 6.56. The number of anilines is 1. The van der Waals surface area contributed by atoms with E-state index < -0.39 is 18.0 Å². The van der Waals surface area contributed by atoms with Crippen LogP contribution in [0.1, 0.15) is 27.6 Å². The Labute approximate surface area is 172 Å². The maximum atomic E-state index is 12.7. The van der Waals surface area contributed by atoms with E-state index in [2.05, 4.69) is 10.4 Å². The van der Waals surface area contributed by atoms with Crippen LogP contribution in [0.5, 0.6) is 17.2 Å². The molecule has 3 rings (SSSR count). The molecule has 9 nitrogen and oxygen atoms in total. The van der Waals surface area contributed by atoms with Crippen LogP contribution in [0.2, 0.25) is 0 Å². The van der Waals surface area contributed by atoms with Crippen LogP contribution in [0.4, 0.5) is 5.82 Å². The van der Waals surface area contributed by atoms with Crippen molar-refractivity contribution in [2.24, 2.45) is 7.05 Å². The third-order valence-electron chi connectivity index (χ3n) is 4.03. The molecule has 9 heteroatoms. The van der Waals surface area contributed by atoms with Crippen LogP contribution in [-0.4, -0.2) is 44.6 Å². The van der Waals surface area contributed by atoms with Crippen molar-refractivity contribution >= 4 is 17.7 Å². The normalized spacial score (nSPS) is 11.6. The number of carbonyl (C=O) groups is 2. The molecule has 1 unspecified atom stereocenters. The maximum Gasteiger partial charge on any atom is 0.335 e. The number of carbonyl (C=O) groups excluding carboxylic acids is 1. The molecule has 1 aromatic heterocycles. The van der Waals surface area contributed by atoms with Crippen molar-refractivity contribution in [1.29, 1.82) is 0 Å². The number of nitrogens with zero attached hydrogens (tertiary/aromatic N) is 2. The topological polar surface area (TPSA) is 123 Å². The SMILES string of the molecule is CC(CO)Oc1cc(Oc2ccc(C(=O)O)cc2)cc(C(=O)Nc2ccn(C)n2)c1. The minimum atomic E-state index is -1.04. The molecule has 0 aliphatic carbocycles. The number of rotatable bonds is 8. The molecule has 3 aromatic rings. The smallest absolute Gasteiger partial charge is 0.335 e. The van der Waals surface area contributed by atoms with E-state index >= 15 is 0 Å². The van der Waals surface area contributed by atoms with E-state index in [0.717, 1.165) is 0 Å². The molecule has 2 aromatic carbocycles. The van der Waals surface area contributed by atoms with E-state index in [9.17, 15) is 14.7 Å². The molecule has 0 saturated heterocycles. The summed E-state index contributed by atoms with van der Waals surface area (Å²) >= 11 is 0. The van der Waals surface area contributed by atoms with Crippen molar-refractivity contribution in [2.75, 3.05) is 11.9 Å². The van der Waals surface area contributed by atoms with Crippen LogP contribution in [0.25, 0.3) is 0 Å². The summed E-state index contributed by atoms with van der Waals surface area (Å²) in [6, 6.07) is 12.2. The molecule has 0 spiro atoms. The minimum absolute atomic E-state index is 0.131. The van der Waals surface area contributed by atoms with Gasteiger partial charge in [-0.1, -0.05) is 0 Å². The van der Waals surface area contributed by atoms with Crippen LogP contribution in [0.15, 0.2) is 54.7 Å². The highest BCUT2D eigenvalue weighted by atomic mass is 16.5. The van der Waals surface area contributed by atoms with E-state index in [-0.39, 0.29) is 17.7 Å². The lowest BCUT2D eigenvalue weighted by Gasteiger charge is -2.15. The number of benzene rings is 2. The average Bonchev–Trinajstić information content (AvgIpc) is 3.12. The lowest BCUT2D eigenvalue weighted by Crippen LogP contribution is -2.17. The minimum Gasteiger partial charge on any atom is -0.488 e. The lowest BCUT2D eigenvalue weighted by molar-refractivity contribution is 0.0696. The van der Waals surface area contributed by atoms with Gasteiger partial charge in [-0.25, -0.2) is 4.79 Å². The van der Waals surface area contributed by atoms with Crippen LogP contribution < -0.4 is 14.8 Å². The van der Waals surface area contributed by atoms with Crippen molar-refractivity contribution in [1.82, 2.24) is 9.78 Å². The van der Waals surface area contributed by atoms with E-state index in [1.807, 2.05) is 0 Å². The van der Waals surface area contributed by atoms with Crippen molar-refractivity contribution in [3.05, 3.63) is 65.9 Å². The molecule has 1 heterocycles. The number of nitrogens with one attached hydrogen (secondary N) is 1. The molecule has 30 heavy (non-hydrogen) atoms. The molecule has 0 aliphatic heterocycles. The third kappa shape index (κ3) is 5.36. The first-order valence-electron chi connectivity index (χ1n) is 9.09. The van der Waals surface area contributed by atoms with Gasteiger partial charge in [-0.2, -0.15) is 5.10 Å². The first-order valence-corrected chi connectivity index (χ1v) is 9.09. The first-order chi connectivity index (χ1) is 14.3. The van der Waals surface area contributed by atoms with Crippen molar-refractivity contribution in [3.63, 3.8) is 0 Å². The van der Waals surface area contributed by atoms with Crippen LogP contribution in [0, 0.1) is 0 Å². The summed E-state index contributed by atoms with van der Waals surface area (Å²) in [5.74, 6) is -0.0210. The Bertz CT molecular complexity index is 1050. The van der Waals surface area contributed by atoms with E-state index in [0.29, 0.717) is 23.1 Å². The number of amides is 1. The van der Waals surface area contributed by atoms with Gasteiger partial charge < -0.3 is 25.0 Å². The molecular formula is C21H21N3O6. The third-order valence-corrected chi connectivity index (χ3v) is 4.03. The Kier molecular flexibility index (Phi) is 6.33. The number of carboxylic acids is 1. The highest BCUT2D eigenvalue weighted by Crippen LogP contribution is 2.29. The van der Waals surface area contributed by atoms with Gasteiger partial charge in [0.1, 0.15) is 23.4 Å². The fourth-order valence-electron chi connectivity index (χ4n) is 2.57. The fourth-order valence-corrected chi connectivity index (χ4v) is 2.57. The molecule has 3 N–H and O–H groups in total. The van der Waals surface area contributed by atoms with Crippen molar-refractivity contribution in [2.45, 2.75) is 13.0 Å². The number of aliphatic hydroxyl groups is 1. The number of ether oxygens (including phenoxy) is 2. The van der Waals surface area contributed by atoms with Gasteiger partial charge in [-0.05, 0) is 43.3 Å². The average molecular weight is 411 g/mol.